The number of hydrogen-bond acceptors (Lipinski definition) is 3. The van der Waals surface area contributed by atoms with Crippen LogP contribution in [0.25, 0.3) is 10.9 Å². The van der Waals surface area contributed by atoms with Gasteiger partial charge in [-0.1, -0.05) is 18.2 Å². The molecular formula is C20H25N3O3. The van der Waals surface area contributed by atoms with E-state index >= 15 is 0 Å². The molecule has 2 N–H and O–H groups in total. The van der Waals surface area contributed by atoms with Gasteiger partial charge in [-0.2, -0.15) is 0 Å². The van der Waals surface area contributed by atoms with Gasteiger partial charge in [-0.15, -0.1) is 0 Å². The van der Waals surface area contributed by atoms with E-state index in [9.17, 15) is 14.7 Å². The summed E-state index contributed by atoms with van der Waals surface area (Å²) in [4.78, 5) is 26.0. The summed E-state index contributed by atoms with van der Waals surface area (Å²) in [5.74, 6) is -0.815. The Morgan fingerprint density at radius 1 is 1.08 bits per heavy atom. The summed E-state index contributed by atoms with van der Waals surface area (Å²) in [5, 5.41) is 13.6. The lowest BCUT2D eigenvalue weighted by atomic mass is 10.2. The Morgan fingerprint density at radius 2 is 1.85 bits per heavy atom. The summed E-state index contributed by atoms with van der Waals surface area (Å²) in [6.07, 6.45) is 6.15. The smallest absolute Gasteiger partial charge is 0.320 e. The lowest BCUT2D eigenvalue weighted by molar-refractivity contribution is -0.143. The van der Waals surface area contributed by atoms with Gasteiger partial charge in [0.1, 0.15) is 6.04 Å². The molecule has 1 aromatic heterocycles. The van der Waals surface area contributed by atoms with Crippen LogP contribution in [0.2, 0.25) is 0 Å². The molecule has 0 spiro atoms. The molecule has 2 atom stereocenters. The van der Waals surface area contributed by atoms with Gasteiger partial charge < -0.3 is 15.0 Å². The van der Waals surface area contributed by atoms with Crippen molar-refractivity contribution in [2.45, 2.75) is 56.8 Å². The Kier molecular flexibility index (Phi) is 4.68. The van der Waals surface area contributed by atoms with Crippen molar-refractivity contribution in [1.29, 1.82) is 0 Å². The molecule has 1 aromatic carbocycles. The monoisotopic (exact) mass is 355 g/mol. The summed E-state index contributed by atoms with van der Waals surface area (Å²) in [6, 6.07) is 9.87. The molecule has 2 unspecified atom stereocenters. The fourth-order valence-corrected chi connectivity index (χ4v) is 4.14. The van der Waals surface area contributed by atoms with Gasteiger partial charge in [-0.3, -0.25) is 14.5 Å². The number of aromatic nitrogens is 1. The predicted molar refractivity (Wildman–Crippen MR) is 98.9 cm³/mol. The number of carboxylic acids is 1. The maximum Gasteiger partial charge on any atom is 0.320 e. The van der Waals surface area contributed by atoms with Crippen molar-refractivity contribution in [3.63, 3.8) is 0 Å². The van der Waals surface area contributed by atoms with Crippen LogP contribution >= 0.6 is 0 Å². The van der Waals surface area contributed by atoms with Gasteiger partial charge in [0.05, 0.1) is 6.04 Å². The number of carbonyl (C=O) groups excluding carboxylic acids is 1. The van der Waals surface area contributed by atoms with Crippen LogP contribution in [0.15, 0.2) is 36.5 Å². The Morgan fingerprint density at radius 3 is 2.62 bits per heavy atom. The van der Waals surface area contributed by atoms with E-state index in [0.29, 0.717) is 19.4 Å². The minimum atomic E-state index is -0.799. The molecule has 2 aromatic rings. The molecule has 2 heterocycles. The third-order valence-electron chi connectivity index (χ3n) is 5.54. The number of aryl methyl sites for hydroxylation is 1. The molecule has 2 fully saturated rings. The number of para-hydroxylation sites is 1. The van der Waals surface area contributed by atoms with E-state index in [-0.39, 0.29) is 18.0 Å². The minimum absolute atomic E-state index is 0.0157. The Balaban J connectivity index is 1.29. The number of benzene rings is 1. The zero-order chi connectivity index (χ0) is 18.1. The average molecular weight is 355 g/mol. The van der Waals surface area contributed by atoms with Gasteiger partial charge in [0.15, 0.2) is 0 Å². The molecule has 26 heavy (non-hydrogen) atoms. The largest absolute Gasteiger partial charge is 0.480 e. The molecular weight excluding hydrogens is 330 g/mol. The van der Waals surface area contributed by atoms with Crippen LogP contribution in [0.4, 0.5) is 0 Å². The number of nitrogens with zero attached hydrogens (tertiary/aromatic N) is 2. The summed E-state index contributed by atoms with van der Waals surface area (Å²) < 4.78 is 2.20. The predicted octanol–water partition coefficient (Wildman–Crippen LogP) is 2.23. The first-order valence-electron chi connectivity index (χ1n) is 9.47. The molecule has 138 valence electrons. The maximum atomic E-state index is 12.6. The maximum absolute atomic E-state index is 12.6. The van der Waals surface area contributed by atoms with E-state index in [4.69, 9.17) is 0 Å². The van der Waals surface area contributed by atoms with Crippen LogP contribution in [0, 0.1) is 0 Å². The lowest BCUT2D eigenvalue weighted by Gasteiger charge is -2.27. The van der Waals surface area contributed by atoms with Crippen LogP contribution in [0.3, 0.4) is 0 Å². The van der Waals surface area contributed by atoms with Crippen LogP contribution < -0.4 is 5.32 Å². The number of rotatable bonds is 7. The van der Waals surface area contributed by atoms with Gasteiger partial charge >= 0.3 is 5.97 Å². The van der Waals surface area contributed by atoms with Gasteiger partial charge in [-0.05, 0) is 49.6 Å². The fourth-order valence-electron chi connectivity index (χ4n) is 4.14. The summed E-state index contributed by atoms with van der Waals surface area (Å²) in [5.41, 5.74) is 1.21. The Bertz CT molecular complexity index is 811. The second kappa shape index (κ2) is 7.11. The fraction of sp³-hybridized carbons (Fsp3) is 0.500. The van der Waals surface area contributed by atoms with Gasteiger partial charge in [0.25, 0.3) is 0 Å². The highest BCUT2D eigenvalue weighted by Crippen LogP contribution is 2.37. The second-order valence-corrected chi connectivity index (χ2v) is 7.34. The standard InChI is InChI=1S/C20H25N3O3/c24-19(17-8-9-18(20(25)26)23(17)15-6-7-15)21-11-3-12-22-13-10-14-4-1-2-5-16(14)22/h1-2,4-5,10,13,15,17-18H,3,6-9,11-12H2,(H,21,24)(H,25,26). The van der Waals surface area contributed by atoms with Crippen molar-refractivity contribution in [3.05, 3.63) is 36.5 Å². The first kappa shape index (κ1) is 17.1. The van der Waals surface area contributed by atoms with Crippen LogP contribution in [0.5, 0.6) is 0 Å². The second-order valence-electron chi connectivity index (χ2n) is 7.34. The SMILES string of the molecule is O=C(O)C1CCC(C(=O)NCCCn2ccc3ccccc32)N1C1CC1. The zero-order valence-electron chi connectivity index (χ0n) is 14.8. The van der Waals surface area contributed by atoms with E-state index < -0.39 is 12.0 Å². The minimum Gasteiger partial charge on any atom is -0.480 e. The van der Waals surface area contributed by atoms with E-state index in [1.807, 2.05) is 17.0 Å². The van der Waals surface area contributed by atoms with Crippen molar-refractivity contribution in [2.75, 3.05) is 6.54 Å². The van der Waals surface area contributed by atoms with Crippen molar-refractivity contribution in [3.8, 4) is 0 Å². The van der Waals surface area contributed by atoms with Crippen LogP contribution in [-0.2, 0) is 16.1 Å². The number of fused-ring (bicyclic) bond motifs is 1. The van der Waals surface area contributed by atoms with E-state index in [1.54, 1.807) is 0 Å². The molecule has 6 nitrogen and oxygen atoms in total. The third-order valence-corrected chi connectivity index (χ3v) is 5.54. The number of aliphatic carboxylic acids is 1. The third kappa shape index (κ3) is 3.33. The van der Waals surface area contributed by atoms with Crippen molar-refractivity contribution in [1.82, 2.24) is 14.8 Å². The topological polar surface area (TPSA) is 74.6 Å². The van der Waals surface area contributed by atoms with Crippen molar-refractivity contribution < 1.29 is 14.7 Å². The normalized spacial score (nSPS) is 23.4. The lowest BCUT2D eigenvalue weighted by Crippen LogP contribution is -2.49. The molecule has 6 heteroatoms. The zero-order valence-corrected chi connectivity index (χ0v) is 14.8. The number of carbonyl (C=O) groups is 2. The summed E-state index contributed by atoms with van der Waals surface area (Å²) in [7, 11) is 0. The highest BCUT2D eigenvalue weighted by atomic mass is 16.4. The van der Waals surface area contributed by atoms with Crippen molar-refractivity contribution >= 4 is 22.8 Å². The molecule has 2 aliphatic rings. The van der Waals surface area contributed by atoms with E-state index in [0.717, 1.165) is 25.8 Å². The Labute approximate surface area is 152 Å². The van der Waals surface area contributed by atoms with Gasteiger partial charge in [0.2, 0.25) is 5.91 Å². The Hall–Kier alpha value is -2.34. The summed E-state index contributed by atoms with van der Waals surface area (Å²) >= 11 is 0. The van der Waals surface area contributed by atoms with Crippen LogP contribution in [0.1, 0.15) is 32.1 Å². The number of hydrogen-bond donors (Lipinski definition) is 2. The molecule has 4 rings (SSSR count). The van der Waals surface area contributed by atoms with E-state index in [2.05, 4.69) is 34.3 Å². The van der Waals surface area contributed by atoms with Gasteiger partial charge in [-0.25, -0.2) is 0 Å². The number of carboxylic acid groups (broad SMARTS) is 1. The molecule has 1 aliphatic heterocycles. The molecule has 1 saturated heterocycles. The van der Waals surface area contributed by atoms with E-state index in [1.165, 1.54) is 10.9 Å². The molecule has 0 bridgehead atoms. The highest BCUT2D eigenvalue weighted by Gasteiger charge is 2.48. The van der Waals surface area contributed by atoms with Crippen molar-refractivity contribution in [2.24, 2.45) is 0 Å². The average Bonchev–Trinajstić information content (AvgIpc) is 3.24. The molecule has 1 saturated carbocycles. The number of nitrogens with one attached hydrogen (secondary N) is 1. The number of amides is 1. The number of likely N-dealkylation sites (tertiary alicyclic amines) is 1. The highest BCUT2D eigenvalue weighted by molar-refractivity contribution is 5.84. The quantitative estimate of drug-likeness (QED) is 0.747. The first-order valence-corrected chi connectivity index (χ1v) is 9.47. The molecule has 1 amide bonds. The molecule has 1 aliphatic carbocycles. The molecule has 0 radical (unpaired) electrons. The van der Waals surface area contributed by atoms with Gasteiger partial charge in [0, 0.05) is 30.8 Å². The van der Waals surface area contributed by atoms with Crippen LogP contribution in [-0.4, -0.2) is 51.1 Å². The first-order chi connectivity index (χ1) is 12.6. The summed E-state index contributed by atoms with van der Waals surface area (Å²) in [6.45, 7) is 1.46.